The van der Waals surface area contributed by atoms with E-state index in [9.17, 15) is 4.79 Å². The molecule has 3 rings (SSSR count). The van der Waals surface area contributed by atoms with Gasteiger partial charge in [0.05, 0.1) is 12.2 Å². The third-order valence-electron chi connectivity index (χ3n) is 3.28. The summed E-state index contributed by atoms with van der Waals surface area (Å²) in [5.74, 6) is -0.110. The molecule has 0 aromatic carbocycles. The van der Waals surface area contributed by atoms with Crippen LogP contribution in [-0.2, 0) is 6.54 Å². The second-order valence-electron chi connectivity index (χ2n) is 4.46. The highest BCUT2D eigenvalue weighted by atomic mass is 16.4. The van der Waals surface area contributed by atoms with E-state index in [-0.39, 0.29) is 11.7 Å². The average molecular weight is 262 g/mol. The van der Waals surface area contributed by atoms with E-state index in [4.69, 9.17) is 5.11 Å². The number of carboxylic acids is 1. The van der Waals surface area contributed by atoms with E-state index < -0.39 is 5.97 Å². The fraction of sp³-hybridized carbons (Fsp3) is 0.455. The van der Waals surface area contributed by atoms with E-state index in [2.05, 4.69) is 31.7 Å². The van der Waals surface area contributed by atoms with E-state index in [1.807, 2.05) is 6.20 Å². The summed E-state index contributed by atoms with van der Waals surface area (Å²) in [6, 6.07) is 0.155. The summed E-state index contributed by atoms with van der Waals surface area (Å²) in [6.45, 7) is 4.47. The summed E-state index contributed by atoms with van der Waals surface area (Å²) in [5.41, 5.74) is -0.0199. The Morgan fingerprint density at radius 2 is 2.32 bits per heavy atom. The van der Waals surface area contributed by atoms with E-state index in [1.165, 1.54) is 6.20 Å². The molecule has 100 valence electrons. The van der Waals surface area contributed by atoms with Gasteiger partial charge in [-0.1, -0.05) is 5.21 Å². The molecule has 1 fully saturated rings. The molecule has 0 spiro atoms. The summed E-state index contributed by atoms with van der Waals surface area (Å²) >= 11 is 0. The molecule has 8 nitrogen and oxygen atoms in total. The number of hydrogen-bond acceptors (Lipinski definition) is 5. The maximum absolute atomic E-state index is 10.7. The number of imidazole rings is 1. The molecule has 0 saturated carbocycles. The Balaban J connectivity index is 1.67. The lowest BCUT2D eigenvalue weighted by Crippen LogP contribution is -2.49. The first-order valence-corrected chi connectivity index (χ1v) is 6.10. The highest BCUT2D eigenvalue weighted by molar-refractivity contribution is 5.84. The number of aromatic carboxylic acids is 1. The molecule has 0 unspecified atom stereocenters. The molecule has 1 saturated heterocycles. The lowest BCUT2D eigenvalue weighted by Gasteiger charge is -2.39. The first-order chi connectivity index (χ1) is 9.19. The molecule has 2 aromatic heterocycles. The number of carboxylic acid groups (broad SMARTS) is 1. The summed E-state index contributed by atoms with van der Waals surface area (Å²) in [4.78, 5) is 17.2. The third kappa shape index (κ3) is 1.94. The zero-order valence-corrected chi connectivity index (χ0v) is 10.5. The molecule has 1 aliphatic heterocycles. The molecule has 0 bridgehead atoms. The van der Waals surface area contributed by atoms with Crippen molar-refractivity contribution in [1.82, 2.24) is 24.5 Å². The van der Waals surface area contributed by atoms with Crippen LogP contribution < -0.4 is 4.90 Å². The van der Waals surface area contributed by atoms with Crippen LogP contribution in [0.2, 0.25) is 0 Å². The second-order valence-corrected chi connectivity index (χ2v) is 4.46. The van der Waals surface area contributed by atoms with E-state index in [1.54, 1.807) is 10.9 Å². The third-order valence-corrected chi connectivity index (χ3v) is 3.28. The number of nitrogens with zero attached hydrogens (tertiary/aromatic N) is 6. The Bertz CT molecular complexity index is 598. The van der Waals surface area contributed by atoms with Gasteiger partial charge in [0.1, 0.15) is 0 Å². The summed E-state index contributed by atoms with van der Waals surface area (Å²) in [7, 11) is 0. The number of aromatic nitrogens is 5. The molecule has 19 heavy (non-hydrogen) atoms. The highest BCUT2D eigenvalue weighted by Gasteiger charge is 2.32. The average Bonchev–Trinajstić information content (AvgIpc) is 2.95. The molecule has 0 amide bonds. The standard InChI is InChI=1S/C11H14N6O2/c1-2-15-4-3-12-11(15)16-5-8(6-16)17-7-9(10(18)19)13-14-17/h3-4,7-8H,2,5-6H2,1H3,(H,18,19). The maximum atomic E-state index is 10.7. The SMILES string of the molecule is CCn1ccnc1N1CC(n2cc(C(=O)O)nn2)C1. The van der Waals surface area contributed by atoms with Crippen molar-refractivity contribution in [2.45, 2.75) is 19.5 Å². The quantitative estimate of drug-likeness (QED) is 0.849. The number of rotatable bonds is 4. The Hall–Kier alpha value is -2.38. The van der Waals surface area contributed by atoms with Crippen LogP contribution in [0.25, 0.3) is 0 Å². The van der Waals surface area contributed by atoms with Gasteiger partial charge in [-0.3, -0.25) is 0 Å². The van der Waals surface area contributed by atoms with Crippen molar-refractivity contribution in [3.05, 3.63) is 24.3 Å². The van der Waals surface area contributed by atoms with Crippen molar-refractivity contribution in [1.29, 1.82) is 0 Å². The lowest BCUT2D eigenvalue weighted by atomic mass is 10.1. The van der Waals surface area contributed by atoms with Gasteiger partial charge in [-0.05, 0) is 6.92 Å². The minimum atomic E-state index is -1.05. The van der Waals surface area contributed by atoms with Crippen LogP contribution in [0.1, 0.15) is 23.5 Å². The van der Waals surface area contributed by atoms with Crippen LogP contribution in [0.5, 0.6) is 0 Å². The number of carbonyl (C=O) groups is 1. The van der Waals surface area contributed by atoms with Crippen LogP contribution in [0, 0.1) is 0 Å². The molecule has 1 N–H and O–H groups in total. The lowest BCUT2D eigenvalue weighted by molar-refractivity contribution is 0.0690. The predicted molar refractivity (Wildman–Crippen MR) is 66.1 cm³/mol. The zero-order chi connectivity index (χ0) is 13.4. The Labute approximate surface area is 109 Å². The zero-order valence-electron chi connectivity index (χ0n) is 10.5. The van der Waals surface area contributed by atoms with Gasteiger partial charge in [0.2, 0.25) is 5.95 Å². The van der Waals surface area contributed by atoms with Gasteiger partial charge in [0.15, 0.2) is 5.69 Å². The number of anilines is 1. The Morgan fingerprint density at radius 1 is 1.53 bits per heavy atom. The fourth-order valence-corrected chi connectivity index (χ4v) is 2.17. The van der Waals surface area contributed by atoms with Gasteiger partial charge in [0, 0.05) is 32.0 Å². The van der Waals surface area contributed by atoms with Gasteiger partial charge in [-0.25, -0.2) is 14.5 Å². The molecule has 2 aromatic rings. The van der Waals surface area contributed by atoms with Crippen LogP contribution in [0.15, 0.2) is 18.6 Å². The van der Waals surface area contributed by atoms with Crippen molar-refractivity contribution in [2.24, 2.45) is 0 Å². The maximum Gasteiger partial charge on any atom is 0.358 e. The molecule has 0 atom stereocenters. The van der Waals surface area contributed by atoms with Crippen molar-refractivity contribution in [3.8, 4) is 0 Å². The second kappa shape index (κ2) is 4.38. The smallest absolute Gasteiger partial charge is 0.358 e. The molecule has 3 heterocycles. The van der Waals surface area contributed by atoms with Crippen molar-refractivity contribution in [3.63, 3.8) is 0 Å². The summed E-state index contributed by atoms with van der Waals surface area (Å²) in [5, 5.41) is 16.3. The van der Waals surface area contributed by atoms with E-state index in [0.29, 0.717) is 0 Å². The predicted octanol–water partition coefficient (Wildman–Crippen LogP) is 0.254. The molecule has 0 radical (unpaired) electrons. The topological polar surface area (TPSA) is 89.1 Å². The van der Waals surface area contributed by atoms with Crippen molar-refractivity contribution >= 4 is 11.9 Å². The fourth-order valence-electron chi connectivity index (χ4n) is 2.17. The van der Waals surface area contributed by atoms with Gasteiger partial charge in [0.25, 0.3) is 0 Å². The number of hydrogen-bond donors (Lipinski definition) is 1. The first kappa shape index (κ1) is 11.7. The monoisotopic (exact) mass is 262 g/mol. The molecule has 8 heteroatoms. The molecular weight excluding hydrogens is 248 g/mol. The minimum Gasteiger partial charge on any atom is -0.476 e. The summed E-state index contributed by atoms with van der Waals surface area (Å²) in [6.07, 6.45) is 5.20. The largest absolute Gasteiger partial charge is 0.476 e. The Morgan fingerprint density at radius 3 is 2.95 bits per heavy atom. The van der Waals surface area contributed by atoms with Crippen LogP contribution in [-0.4, -0.2) is 48.7 Å². The Kier molecular flexibility index (Phi) is 2.69. The molecular formula is C11H14N6O2. The van der Waals surface area contributed by atoms with E-state index in [0.717, 1.165) is 25.6 Å². The van der Waals surface area contributed by atoms with Crippen LogP contribution >= 0.6 is 0 Å². The highest BCUT2D eigenvalue weighted by Crippen LogP contribution is 2.25. The van der Waals surface area contributed by atoms with Gasteiger partial charge < -0.3 is 14.6 Å². The van der Waals surface area contributed by atoms with Gasteiger partial charge in [-0.2, -0.15) is 0 Å². The van der Waals surface area contributed by atoms with Gasteiger partial charge in [-0.15, -0.1) is 5.10 Å². The number of aryl methyl sites for hydroxylation is 1. The molecule has 1 aliphatic rings. The van der Waals surface area contributed by atoms with Crippen molar-refractivity contribution < 1.29 is 9.90 Å². The first-order valence-electron chi connectivity index (χ1n) is 6.10. The van der Waals surface area contributed by atoms with Crippen molar-refractivity contribution in [2.75, 3.05) is 18.0 Å². The van der Waals surface area contributed by atoms with Crippen LogP contribution in [0.4, 0.5) is 5.95 Å². The van der Waals surface area contributed by atoms with Gasteiger partial charge >= 0.3 is 5.97 Å². The molecule has 0 aliphatic carbocycles. The van der Waals surface area contributed by atoms with E-state index >= 15 is 0 Å². The summed E-state index contributed by atoms with van der Waals surface area (Å²) < 4.78 is 3.68. The van der Waals surface area contributed by atoms with Crippen LogP contribution in [0.3, 0.4) is 0 Å². The normalized spacial score (nSPS) is 15.5. The minimum absolute atomic E-state index is 0.0199.